The van der Waals surface area contributed by atoms with Crippen LogP contribution >= 0.6 is 0 Å². The van der Waals surface area contributed by atoms with Crippen LogP contribution in [0, 0.1) is 5.41 Å². The Balaban J connectivity index is 2.00. The van der Waals surface area contributed by atoms with Crippen LogP contribution in [-0.2, 0) is 9.59 Å². The summed E-state index contributed by atoms with van der Waals surface area (Å²) in [5.74, 6) is -0.0877. The van der Waals surface area contributed by atoms with E-state index in [0.717, 1.165) is 31.2 Å². The van der Waals surface area contributed by atoms with Crippen LogP contribution in [0.2, 0.25) is 0 Å². The smallest absolute Gasteiger partial charge is 0.240 e. The van der Waals surface area contributed by atoms with Crippen molar-refractivity contribution in [1.82, 2.24) is 0 Å². The van der Waals surface area contributed by atoms with E-state index in [1.165, 1.54) is 11.3 Å². The number of hydrogen-bond acceptors (Lipinski definition) is 3. The summed E-state index contributed by atoms with van der Waals surface area (Å²) in [4.78, 5) is 26.8. The highest BCUT2D eigenvalue weighted by Crippen LogP contribution is 2.47. The van der Waals surface area contributed by atoms with E-state index in [1.807, 2.05) is 31.2 Å². The number of amides is 2. The molecule has 4 nitrogen and oxygen atoms in total. The maximum atomic E-state index is 12.9. The van der Waals surface area contributed by atoms with Gasteiger partial charge in [-0.2, -0.15) is 0 Å². The van der Waals surface area contributed by atoms with Crippen molar-refractivity contribution < 1.29 is 9.59 Å². The van der Waals surface area contributed by atoms with E-state index in [4.69, 9.17) is 5.73 Å². The van der Waals surface area contributed by atoms with Crippen molar-refractivity contribution in [1.29, 1.82) is 0 Å². The second-order valence-electron chi connectivity index (χ2n) is 6.40. The molecule has 1 heterocycles. The molecule has 1 spiro atoms. The second-order valence-corrected chi connectivity index (χ2v) is 6.40. The summed E-state index contributed by atoms with van der Waals surface area (Å²) in [6.45, 7) is 1.88. The van der Waals surface area contributed by atoms with Crippen molar-refractivity contribution in [2.75, 3.05) is 4.90 Å². The highest BCUT2D eigenvalue weighted by atomic mass is 16.2. The molecule has 4 heteroatoms. The SMILES string of the molecule is CC(N)c1ccccc1N1C(=O)CC2(CCCCC2)C1=O. The Morgan fingerprint density at radius 2 is 1.81 bits per heavy atom. The van der Waals surface area contributed by atoms with Gasteiger partial charge >= 0.3 is 0 Å². The Bertz CT molecular complexity index is 574. The van der Waals surface area contributed by atoms with Gasteiger partial charge < -0.3 is 5.73 Å². The number of nitrogens with two attached hydrogens (primary N) is 1. The van der Waals surface area contributed by atoms with Crippen molar-refractivity contribution in [3.8, 4) is 0 Å². The average molecular weight is 286 g/mol. The number of para-hydroxylation sites is 1. The predicted molar refractivity (Wildman–Crippen MR) is 81.7 cm³/mol. The lowest BCUT2D eigenvalue weighted by atomic mass is 9.73. The molecule has 2 amide bonds. The molecular weight excluding hydrogens is 264 g/mol. The lowest BCUT2D eigenvalue weighted by molar-refractivity contribution is -0.127. The first-order valence-electron chi connectivity index (χ1n) is 7.77. The molecule has 1 aromatic carbocycles. The third kappa shape index (κ3) is 2.27. The van der Waals surface area contributed by atoms with E-state index in [0.29, 0.717) is 12.1 Å². The van der Waals surface area contributed by atoms with E-state index >= 15 is 0 Å². The average Bonchev–Trinajstić information content (AvgIpc) is 2.70. The number of carbonyl (C=O) groups excluding carboxylic acids is 2. The molecule has 2 fully saturated rings. The van der Waals surface area contributed by atoms with Crippen LogP contribution in [0.4, 0.5) is 5.69 Å². The Hall–Kier alpha value is -1.68. The second kappa shape index (κ2) is 5.26. The predicted octanol–water partition coefficient (Wildman–Crippen LogP) is 2.92. The standard InChI is InChI=1S/C17H22N2O2/c1-12(18)13-7-3-4-8-14(13)19-15(20)11-17(16(19)21)9-5-2-6-10-17/h3-4,7-8,12H,2,5-6,9-11,18H2,1H3. The van der Waals surface area contributed by atoms with Crippen molar-refractivity contribution in [2.45, 2.75) is 51.5 Å². The fourth-order valence-corrected chi connectivity index (χ4v) is 3.73. The fourth-order valence-electron chi connectivity index (χ4n) is 3.73. The summed E-state index contributed by atoms with van der Waals surface area (Å²) in [6.07, 6.45) is 5.30. The highest BCUT2D eigenvalue weighted by Gasteiger charge is 2.52. The van der Waals surface area contributed by atoms with Gasteiger partial charge in [0.15, 0.2) is 0 Å². The summed E-state index contributed by atoms with van der Waals surface area (Å²) < 4.78 is 0. The van der Waals surface area contributed by atoms with Gasteiger partial charge in [0.1, 0.15) is 0 Å². The zero-order valence-electron chi connectivity index (χ0n) is 12.5. The van der Waals surface area contributed by atoms with Crippen LogP contribution in [-0.4, -0.2) is 11.8 Å². The maximum absolute atomic E-state index is 12.9. The number of nitrogens with zero attached hydrogens (tertiary/aromatic N) is 1. The van der Waals surface area contributed by atoms with Gasteiger partial charge in [-0.15, -0.1) is 0 Å². The van der Waals surface area contributed by atoms with Crippen molar-refractivity contribution in [3.05, 3.63) is 29.8 Å². The molecule has 0 radical (unpaired) electrons. The van der Waals surface area contributed by atoms with Crippen LogP contribution in [0.1, 0.15) is 57.1 Å². The van der Waals surface area contributed by atoms with E-state index in [-0.39, 0.29) is 17.9 Å². The largest absolute Gasteiger partial charge is 0.324 e. The van der Waals surface area contributed by atoms with Gasteiger partial charge in [0.25, 0.3) is 0 Å². The molecule has 1 aliphatic heterocycles. The van der Waals surface area contributed by atoms with Gasteiger partial charge in [0, 0.05) is 12.5 Å². The van der Waals surface area contributed by atoms with Crippen LogP contribution in [0.5, 0.6) is 0 Å². The summed E-state index contributed by atoms with van der Waals surface area (Å²) in [7, 11) is 0. The minimum Gasteiger partial charge on any atom is -0.324 e. The van der Waals surface area contributed by atoms with Gasteiger partial charge in [0.2, 0.25) is 11.8 Å². The molecule has 1 atom stereocenters. The van der Waals surface area contributed by atoms with Gasteiger partial charge in [-0.05, 0) is 31.4 Å². The molecule has 1 saturated heterocycles. The number of anilines is 1. The molecule has 2 aliphatic rings. The Morgan fingerprint density at radius 3 is 2.48 bits per heavy atom. The minimum atomic E-state index is -0.444. The van der Waals surface area contributed by atoms with Gasteiger partial charge in [-0.1, -0.05) is 37.5 Å². The van der Waals surface area contributed by atoms with Crippen LogP contribution in [0.15, 0.2) is 24.3 Å². The molecular formula is C17H22N2O2. The topological polar surface area (TPSA) is 63.4 Å². The molecule has 0 aromatic heterocycles. The summed E-state index contributed by atoms with van der Waals surface area (Å²) in [5.41, 5.74) is 7.07. The maximum Gasteiger partial charge on any atom is 0.240 e. The molecule has 0 bridgehead atoms. The van der Waals surface area contributed by atoms with Crippen molar-refractivity contribution >= 4 is 17.5 Å². The van der Waals surface area contributed by atoms with Gasteiger partial charge in [-0.3, -0.25) is 9.59 Å². The van der Waals surface area contributed by atoms with Gasteiger partial charge in [0.05, 0.1) is 11.1 Å². The molecule has 1 unspecified atom stereocenters. The lowest BCUT2D eigenvalue weighted by Crippen LogP contribution is -2.37. The molecule has 112 valence electrons. The van der Waals surface area contributed by atoms with E-state index in [2.05, 4.69) is 0 Å². The van der Waals surface area contributed by atoms with Crippen LogP contribution < -0.4 is 10.6 Å². The number of hydrogen-bond donors (Lipinski definition) is 1. The van der Waals surface area contributed by atoms with E-state index in [1.54, 1.807) is 0 Å². The van der Waals surface area contributed by atoms with Crippen LogP contribution in [0.3, 0.4) is 0 Å². The molecule has 1 aromatic rings. The van der Waals surface area contributed by atoms with E-state index in [9.17, 15) is 9.59 Å². The molecule has 2 N–H and O–H groups in total. The fraction of sp³-hybridized carbons (Fsp3) is 0.529. The molecule has 1 aliphatic carbocycles. The van der Waals surface area contributed by atoms with Crippen molar-refractivity contribution in [3.63, 3.8) is 0 Å². The normalized spacial score (nSPS) is 22.9. The quantitative estimate of drug-likeness (QED) is 0.850. The molecule has 21 heavy (non-hydrogen) atoms. The zero-order chi connectivity index (χ0) is 15.0. The van der Waals surface area contributed by atoms with Crippen LogP contribution in [0.25, 0.3) is 0 Å². The summed E-state index contributed by atoms with van der Waals surface area (Å²) in [6, 6.07) is 7.27. The Morgan fingerprint density at radius 1 is 1.14 bits per heavy atom. The summed E-state index contributed by atoms with van der Waals surface area (Å²) >= 11 is 0. The zero-order valence-corrected chi connectivity index (χ0v) is 12.5. The minimum absolute atomic E-state index is 0.0136. The number of rotatable bonds is 2. The highest BCUT2D eigenvalue weighted by molar-refractivity contribution is 6.23. The monoisotopic (exact) mass is 286 g/mol. The number of imide groups is 1. The third-order valence-corrected chi connectivity index (χ3v) is 4.87. The summed E-state index contributed by atoms with van der Waals surface area (Å²) in [5, 5.41) is 0. The van der Waals surface area contributed by atoms with Gasteiger partial charge in [-0.25, -0.2) is 4.90 Å². The molecule has 1 saturated carbocycles. The molecule has 3 rings (SSSR count). The Labute approximate surface area is 125 Å². The lowest BCUT2D eigenvalue weighted by Gasteiger charge is -2.31. The van der Waals surface area contributed by atoms with E-state index < -0.39 is 5.41 Å². The third-order valence-electron chi connectivity index (χ3n) is 4.87. The Kier molecular flexibility index (Phi) is 3.57. The first-order chi connectivity index (χ1) is 10.1. The number of benzene rings is 1. The first-order valence-corrected chi connectivity index (χ1v) is 7.77. The first kappa shape index (κ1) is 14.3. The number of carbonyl (C=O) groups is 2. The van der Waals surface area contributed by atoms with Crippen molar-refractivity contribution in [2.24, 2.45) is 11.1 Å².